The van der Waals surface area contributed by atoms with E-state index in [0.717, 1.165) is 11.1 Å². The monoisotopic (exact) mass is 218 g/mol. The normalized spacial score (nSPS) is 10.6. The van der Waals surface area contributed by atoms with Crippen molar-refractivity contribution in [3.8, 4) is 0 Å². The second kappa shape index (κ2) is 7.46. The van der Waals surface area contributed by atoms with E-state index in [2.05, 4.69) is 19.7 Å². The molecule has 2 nitrogen and oxygen atoms in total. The molecule has 0 fully saturated rings. The molecule has 0 aromatic heterocycles. The standard InChI is InChI=1S/C14H18O2/c1-6-8-11(3)12(4)9-10-13(5)14(15)16-7-2/h6,8-10H,3-5,7H2,1-2H3/b8-6-,10-9-. The molecule has 0 aliphatic rings. The zero-order valence-electron chi connectivity index (χ0n) is 9.95. The van der Waals surface area contributed by atoms with Crippen LogP contribution in [0.15, 0.2) is 60.8 Å². The van der Waals surface area contributed by atoms with Crippen molar-refractivity contribution < 1.29 is 9.53 Å². The maximum atomic E-state index is 11.2. The van der Waals surface area contributed by atoms with E-state index in [0.29, 0.717) is 12.2 Å². The van der Waals surface area contributed by atoms with Gasteiger partial charge in [0.25, 0.3) is 0 Å². The van der Waals surface area contributed by atoms with Crippen molar-refractivity contribution in [3.63, 3.8) is 0 Å². The van der Waals surface area contributed by atoms with E-state index in [1.54, 1.807) is 19.1 Å². The summed E-state index contributed by atoms with van der Waals surface area (Å²) in [6.45, 7) is 15.2. The molecule has 86 valence electrons. The lowest BCUT2D eigenvalue weighted by Crippen LogP contribution is -2.04. The molecule has 0 aromatic carbocycles. The fraction of sp³-hybridized carbons (Fsp3) is 0.214. The number of rotatable bonds is 6. The first-order chi connectivity index (χ1) is 7.52. The maximum absolute atomic E-state index is 11.2. The molecule has 2 heteroatoms. The summed E-state index contributed by atoms with van der Waals surface area (Å²) in [4.78, 5) is 11.2. The van der Waals surface area contributed by atoms with Crippen LogP contribution in [0.5, 0.6) is 0 Å². The summed E-state index contributed by atoms with van der Waals surface area (Å²) in [6.07, 6.45) is 7.00. The second-order valence-corrected chi connectivity index (χ2v) is 3.13. The molecule has 0 N–H and O–H groups in total. The van der Waals surface area contributed by atoms with Crippen LogP contribution >= 0.6 is 0 Å². The average Bonchev–Trinajstić information content (AvgIpc) is 2.25. The molecular weight excluding hydrogens is 200 g/mol. The minimum Gasteiger partial charge on any atom is -0.462 e. The number of ether oxygens (including phenoxy) is 1. The number of carbonyl (C=O) groups is 1. The van der Waals surface area contributed by atoms with Gasteiger partial charge in [-0.05, 0) is 31.1 Å². The van der Waals surface area contributed by atoms with Crippen LogP contribution in [0.4, 0.5) is 0 Å². The summed E-state index contributed by atoms with van der Waals surface area (Å²) < 4.78 is 4.79. The largest absolute Gasteiger partial charge is 0.462 e. The van der Waals surface area contributed by atoms with Crippen LogP contribution in [-0.2, 0) is 9.53 Å². The predicted molar refractivity (Wildman–Crippen MR) is 68.0 cm³/mol. The van der Waals surface area contributed by atoms with Gasteiger partial charge in [-0.2, -0.15) is 0 Å². The Balaban J connectivity index is 4.39. The van der Waals surface area contributed by atoms with Crippen LogP contribution in [-0.4, -0.2) is 12.6 Å². The summed E-state index contributed by atoms with van der Waals surface area (Å²) >= 11 is 0. The first-order valence-corrected chi connectivity index (χ1v) is 5.07. The molecule has 0 unspecified atom stereocenters. The Labute approximate surface area is 97.3 Å². The highest BCUT2D eigenvalue weighted by molar-refractivity contribution is 5.90. The SMILES string of the molecule is C=C(/C=C\C)C(=C)/C=C\C(=C)C(=O)OCC. The van der Waals surface area contributed by atoms with E-state index in [1.807, 2.05) is 19.1 Å². The predicted octanol–water partition coefficient (Wildman–Crippen LogP) is 3.35. The van der Waals surface area contributed by atoms with Crippen LogP contribution in [0.1, 0.15) is 13.8 Å². The van der Waals surface area contributed by atoms with Crippen molar-refractivity contribution in [1.82, 2.24) is 0 Å². The summed E-state index contributed by atoms with van der Waals surface area (Å²) in [5.74, 6) is -0.414. The van der Waals surface area contributed by atoms with E-state index >= 15 is 0 Å². The van der Waals surface area contributed by atoms with Crippen molar-refractivity contribution >= 4 is 5.97 Å². The molecule has 0 radical (unpaired) electrons. The molecule has 0 amide bonds. The Morgan fingerprint density at radius 2 is 1.56 bits per heavy atom. The van der Waals surface area contributed by atoms with Gasteiger partial charge in [0.1, 0.15) is 0 Å². The third-order valence-corrected chi connectivity index (χ3v) is 1.80. The van der Waals surface area contributed by atoms with Gasteiger partial charge >= 0.3 is 5.97 Å². The molecule has 0 heterocycles. The van der Waals surface area contributed by atoms with Gasteiger partial charge in [0.2, 0.25) is 0 Å². The molecule has 0 aliphatic heterocycles. The van der Waals surface area contributed by atoms with Crippen molar-refractivity contribution in [1.29, 1.82) is 0 Å². The lowest BCUT2D eigenvalue weighted by atomic mass is 10.1. The lowest BCUT2D eigenvalue weighted by molar-refractivity contribution is -0.138. The third kappa shape index (κ3) is 5.15. The molecule has 0 spiro atoms. The van der Waals surface area contributed by atoms with Crippen molar-refractivity contribution in [2.24, 2.45) is 0 Å². The van der Waals surface area contributed by atoms with Crippen LogP contribution in [0.25, 0.3) is 0 Å². The molecule has 0 atom stereocenters. The summed E-state index contributed by atoms with van der Waals surface area (Å²) in [5, 5.41) is 0. The van der Waals surface area contributed by atoms with Gasteiger partial charge in [-0.3, -0.25) is 0 Å². The maximum Gasteiger partial charge on any atom is 0.337 e. The average molecular weight is 218 g/mol. The zero-order chi connectivity index (χ0) is 12.6. The van der Waals surface area contributed by atoms with Crippen molar-refractivity contribution in [3.05, 3.63) is 60.8 Å². The Bertz CT molecular complexity index is 357. The molecule has 0 saturated heterocycles. The number of hydrogen-bond donors (Lipinski definition) is 0. The lowest BCUT2D eigenvalue weighted by Gasteiger charge is -2.01. The Hall–Kier alpha value is -1.83. The van der Waals surface area contributed by atoms with Gasteiger partial charge in [-0.1, -0.05) is 38.0 Å². The molecule has 16 heavy (non-hydrogen) atoms. The van der Waals surface area contributed by atoms with Gasteiger partial charge in [0.15, 0.2) is 0 Å². The fourth-order valence-electron chi connectivity index (χ4n) is 0.908. The highest BCUT2D eigenvalue weighted by Crippen LogP contribution is 2.10. The molecule has 0 saturated carbocycles. The smallest absolute Gasteiger partial charge is 0.337 e. The van der Waals surface area contributed by atoms with Crippen LogP contribution < -0.4 is 0 Å². The van der Waals surface area contributed by atoms with E-state index in [1.165, 1.54) is 0 Å². The van der Waals surface area contributed by atoms with Gasteiger partial charge in [0.05, 0.1) is 12.2 Å². The third-order valence-electron chi connectivity index (χ3n) is 1.80. The highest BCUT2D eigenvalue weighted by Gasteiger charge is 2.03. The summed E-state index contributed by atoms with van der Waals surface area (Å²) in [5.41, 5.74) is 1.84. The Morgan fingerprint density at radius 3 is 2.06 bits per heavy atom. The Morgan fingerprint density at radius 1 is 1.06 bits per heavy atom. The molecule has 0 aliphatic carbocycles. The minimum absolute atomic E-state index is 0.302. The quantitative estimate of drug-likeness (QED) is 0.388. The first kappa shape index (κ1) is 14.2. The summed E-state index contributed by atoms with van der Waals surface area (Å²) in [7, 11) is 0. The number of esters is 1. The van der Waals surface area contributed by atoms with Crippen LogP contribution in [0.2, 0.25) is 0 Å². The molecule has 0 aromatic rings. The number of carbonyl (C=O) groups excluding carboxylic acids is 1. The zero-order valence-corrected chi connectivity index (χ0v) is 9.95. The molecule has 0 bridgehead atoms. The van der Waals surface area contributed by atoms with Gasteiger partial charge in [0, 0.05) is 0 Å². The molecular formula is C14H18O2. The van der Waals surface area contributed by atoms with Gasteiger partial charge in [-0.25, -0.2) is 4.79 Å². The van der Waals surface area contributed by atoms with Gasteiger partial charge in [-0.15, -0.1) is 0 Å². The molecule has 0 rings (SSSR count). The van der Waals surface area contributed by atoms with Crippen LogP contribution in [0.3, 0.4) is 0 Å². The second-order valence-electron chi connectivity index (χ2n) is 3.13. The highest BCUT2D eigenvalue weighted by atomic mass is 16.5. The topological polar surface area (TPSA) is 26.3 Å². The number of allylic oxidation sites excluding steroid dienone is 5. The van der Waals surface area contributed by atoms with Crippen LogP contribution in [0, 0.1) is 0 Å². The summed E-state index contributed by atoms with van der Waals surface area (Å²) in [6, 6.07) is 0. The van der Waals surface area contributed by atoms with Crippen molar-refractivity contribution in [2.45, 2.75) is 13.8 Å². The van der Waals surface area contributed by atoms with E-state index in [9.17, 15) is 4.79 Å². The van der Waals surface area contributed by atoms with Crippen molar-refractivity contribution in [2.75, 3.05) is 6.61 Å². The van der Waals surface area contributed by atoms with E-state index in [4.69, 9.17) is 4.74 Å². The number of hydrogen-bond acceptors (Lipinski definition) is 2. The first-order valence-electron chi connectivity index (χ1n) is 5.07. The van der Waals surface area contributed by atoms with Gasteiger partial charge < -0.3 is 4.74 Å². The van der Waals surface area contributed by atoms with E-state index < -0.39 is 5.97 Å². The minimum atomic E-state index is -0.414. The fourth-order valence-corrected chi connectivity index (χ4v) is 0.908. The van der Waals surface area contributed by atoms with E-state index in [-0.39, 0.29) is 0 Å². The Kier molecular flexibility index (Phi) is 6.61.